The Hall–Kier alpha value is -4.59. The molecule has 2 aromatic heterocycles. The Kier molecular flexibility index (Phi) is 6.88. The van der Waals surface area contributed by atoms with Crippen LogP contribution in [0.2, 0.25) is 5.02 Å². The van der Waals surface area contributed by atoms with Crippen LogP contribution in [0.15, 0.2) is 119 Å². The largest absolute Gasteiger partial charge is 0.453 e. The van der Waals surface area contributed by atoms with Gasteiger partial charge in [-0.25, -0.2) is 0 Å². The lowest BCUT2D eigenvalue weighted by Gasteiger charge is -2.30. The third kappa shape index (κ3) is 5.06. The molecule has 1 saturated heterocycles. The van der Waals surface area contributed by atoms with Crippen LogP contribution in [0, 0.1) is 0 Å². The van der Waals surface area contributed by atoms with E-state index in [0.717, 1.165) is 59.9 Å². The lowest BCUT2D eigenvalue weighted by molar-refractivity contribution is 0.0872. The van der Waals surface area contributed by atoms with Crippen LogP contribution in [0.25, 0.3) is 22.5 Å². The van der Waals surface area contributed by atoms with Crippen LogP contribution >= 0.6 is 11.6 Å². The van der Waals surface area contributed by atoms with Crippen LogP contribution in [0.3, 0.4) is 0 Å². The number of anilines is 2. The summed E-state index contributed by atoms with van der Waals surface area (Å²) in [5.41, 5.74) is 6.11. The topological polar surface area (TPSA) is 66.1 Å². The van der Waals surface area contributed by atoms with Crippen molar-refractivity contribution >= 4 is 28.8 Å². The first-order chi connectivity index (χ1) is 20.2. The molecular weight excluding hydrogens is 534 g/mol. The van der Waals surface area contributed by atoms with Crippen molar-refractivity contribution < 1.29 is 9.25 Å². The zero-order valence-corrected chi connectivity index (χ0v) is 23.0. The Morgan fingerprint density at radius 3 is 2.29 bits per heavy atom. The normalized spacial score (nSPS) is 16.9. The second kappa shape index (κ2) is 11.1. The zero-order valence-electron chi connectivity index (χ0n) is 22.3. The maximum absolute atomic E-state index is 6.34. The molecule has 0 radical (unpaired) electrons. The summed E-state index contributed by atoms with van der Waals surface area (Å²) in [5, 5.41) is 8.68. The van der Waals surface area contributed by atoms with Crippen molar-refractivity contribution in [1.29, 1.82) is 0 Å². The fourth-order valence-electron chi connectivity index (χ4n) is 5.39. The highest BCUT2D eigenvalue weighted by Crippen LogP contribution is 2.40. The number of oxime groups is 1. The Morgan fingerprint density at radius 1 is 0.756 bits per heavy atom. The molecule has 8 heteroatoms. The first-order valence-corrected chi connectivity index (χ1v) is 14.1. The minimum atomic E-state index is -0.504. The average molecular weight is 562 g/mol. The minimum Gasteiger partial charge on any atom is -0.453 e. The van der Waals surface area contributed by atoms with E-state index >= 15 is 0 Å². The zero-order chi connectivity index (χ0) is 27.6. The second-order valence-electron chi connectivity index (χ2n) is 10.00. The van der Waals surface area contributed by atoms with Crippen LogP contribution in [-0.2, 0) is 4.84 Å². The quantitative estimate of drug-likeness (QED) is 0.241. The van der Waals surface area contributed by atoms with Gasteiger partial charge in [-0.1, -0.05) is 47.1 Å². The van der Waals surface area contributed by atoms with Gasteiger partial charge in [0.15, 0.2) is 5.76 Å². The average Bonchev–Trinajstić information content (AvgIpc) is 3.71. The van der Waals surface area contributed by atoms with Gasteiger partial charge in [-0.2, -0.15) is 0 Å². The molecule has 0 amide bonds. The summed E-state index contributed by atoms with van der Waals surface area (Å²) < 4.78 is 6.34. The predicted octanol–water partition coefficient (Wildman–Crippen LogP) is 6.97. The molecule has 7 nitrogen and oxygen atoms in total. The molecule has 4 heterocycles. The molecule has 3 aromatic carbocycles. The molecule has 5 aromatic rings. The number of nitrogens with zero attached hydrogens (tertiary/aromatic N) is 4. The highest BCUT2D eigenvalue weighted by molar-refractivity contribution is 6.30. The Labute approximate surface area is 243 Å². The number of amidine groups is 1. The van der Waals surface area contributed by atoms with Crippen LogP contribution in [0.4, 0.5) is 11.4 Å². The van der Waals surface area contributed by atoms with Gasteiger partial charge in [0, 0.05) is 71.7 Å². The highest BCUT2D eigenvalue weighted by atomic mass is 35.5. The monoisotopic (exact) mass is 561 g/mol. The number of aromatic nitrogens is 1. The number of nitrogens with one attached hydrogen (secondary N) is 1. The van der Waals surface area contributed by atoms with Gasteiger partial charge < -0.3 is 19.5 Å². The third-order valence-electron chi connectivity index (χ3n) is 7.47. The molecule has 2 aliphatic rings. The van der Waals surface area contributed by atoms with Gasteiger partial charge in [-0.05, 0) is 72.3 Å². The molecule has 1 N–H and O–H groups in total. The van der Waals surface area contributed by atoms with E-state index in [1.165, 1.54) is 5.69 Å². The molecule has 0 spiro atoms. The lowest BCUT2D eigenvalue weighted by Crippen LogP contribution is -2.43. The molecule has 1 atom stereocenters. The summed E-state index contributed by atoms with van der Waals surface area (Å²) in [5.74, 6) is 1.95. The highest BCUT2D eigenvalue weighted by Gasteiger charge is 2.37. The van der Waals surface area contributed by atoms with Gasteiger partial charge in [0.1, 0.15) is 5.76 Å². The molecule has 7 rings (SSSR count). The molecule has 1 unspecified atom stereocenters. The number of benzene rings is 3. The fourth-order valence-corrected chi connectivity index (χ4v) is 5.52. The summed E-state index contributed by atoms with van der Waals surface area (Å²) >= 11 is 6.10. The molecule has 0 saturated carbocycles. The number of hydrogen-bond donors (Lipinski definition) is 1. The van der Waals surface area contributed by atoms with E-state index in [2.05, 4.69) is 67.7 Å². The van der Waals surface area contributed by atoms with E-state index in [0.29, 0.717) is 16.6 Å². The number of hydrogen-bond acceptors (Lipinski definition) is 7. The lowest BCUT2D eigenvalue weighted by atomic mass is 9.99. The fraction of sp³-hybridized carbons (Fsp3) is 0.152. The maximum atomic E-state index is 6.34. The van der Waals surface area contributed by atoms with Crippen molar-refractivity contribution in [1.82, 2.24) is 10.3 Å². The number of rotatable bonds is 6. The van der Waals surface area contributed by atoms with Crippen LogP contribution < -0.4 is 15.1 Å². The van der Waals surface area contributed by atoms with Crippen molar-refractivity contribution in [3.05, 3.63) is 126 Å². The number of halogens is 1. The van der Waals surface area contributed by atoms with Gasteiger partial charge in [0.2, 0.25) is 12.1 Å². The van der Waals surface area contributed by atoms with E-state index in [-0.39, 0.29) is 0 Å². The van der Waals surface area contributed by atoms with Gasteiger partial charge in [-0.15, -0.1) is 0 Å². The van der Waals surface area contributed by atoms with Gasteiger partial charge >= 0.3 is 0 Å². The van der Waals surface area contributed by atoms with Crippen molar-refractivity contribution in [2.24, 2.45) is 5.16 Å². The predicted molar refractivity (Wildman–Crippen MR) is 163 cm³/mol. The number of piperazine rings is 1. The third-order valence-corrected chi connectivity index (χ3v) is 7.72. The van der Waals surface area contributed by atoms with Gasteiger partial charge in [0.05, 0.1) is 0 Å². The van der Waals surface area contributed by atoms with Gasteiger partial charge in [0.25, 0.3) is 0 Å². The van der Waals surface area contributed by atoms with E-state index in [9.17, 15) is 0 Å². The van der Waals surface area contributed by atoms with Crippen molar-refractivity contribution in [3.63, 3.8) is 0 Å². The summed E-state index contributed by atoms with van der Waals surface area (Å²) in [6, 6.07) is 32.3. The Morgan fingerprint density at radius 2 is 1.51 bits per heavy atom. The van der Waals surface area contributed by atoms with Crippen molar-refractivity contribution in [3.8, 4) is 22.5 Å². The molecule has 0 bridgehead atoms. The Bertz CT molecular complexity index is 1660. The van der Waals surface area contributed by atoms with E-state index < -0.39 is 6.23 Å². The first-order valence-electron chi connectivity index (χ1n) is 13.7. The molecule has 41 heavy (non-hydrogen) atoms. The second-order valence-corrected chi connectivity index (χ2v) is 10.4. The van der Waals surface area contributed by atoms with Crippen LogP contribution in [0.5, 0.6) is 0 Å². The van der Waals surface area contributed by atoms with E-state index in [1.54, 1.807) is 6.20 Å². The Balaban J connectivity index is 1.28. The molecular formula is C33H28ClN5O2. The summed E-state index contributed by atoms with van der Waals surface area (Å²) in [7, 11) is 0. The molecule has 2 aliphatic heterocycles. The first kappa shape index (κ1) is 25.4. The summed E-state index contributed by atoms with van der Waals surface area (Å²) in [4.78, 5) is 15.1. The summed E-state index contributed by atoms with van der Waals surface area (Å²) in [6.07, 6.45) is 3.14. The summed E-state index contributed by atoms with van der Waals surface area (Å²) in [6.45, 7) is 3.94. The maximum Gasteiger partial charge on any atom is 0.232 e. The van der Waals surface area contributed by atoms with Crippen molar-refractivity contribution in [2.45, 2.75) is 6.23 Å². The standard InChI is InChI=1S/C33H28ClN5O2/c34-25-9-7-23(8-10-25)30-15-16-31(40-30)32-37-41-33(29-6-2-1-5-28(29)24-4-3-17-36-22-24)39(32)27-13-11-26(12-14-27)38-20-18-35-19-21-38/h1-17,22,33,35H,18-21H2. The van der Waals surface area contributed by atoms with Crippen LogP contribution in [0.1, 0.15) is 17.6 Å². The van der Waals surface area contributed by atoms with Crippen LogP contribution in [-0.4, -0.2) is 37.0 Å². The minimum absolute atomic E-state index is 0.504. The SMILES string of the molecule is Clc1ccc(-c2ccc(C3=NOC(c4ccccc4-c4cccnc4)N3c3ccc(N4CCNCC4)cc3)o2)cc1. The molecule has 204 valence electrons. The number of furan rings is 1. The van der Waals surface area contributed by atoms with Gasteiger partial charge in [-0.3, -0.25) is 9.88 Å². The van der Waals surface area contributed by atoms with E-state index in [4.69, 9.17) is 20.9 Å². The smallest absolute Gasteiger partial charge is 0.232 e. The molecule has 1 fully saturated rings. The molecule has 0 aliphatic carbocycles. The number of pyridine rings is 1. The van der Waals surface area contributed by atoms with E-state index in [1.807, 2.05) is 60.8 Å². The van der Waals surface area contributed by atoms with Crippen molar-refractivity contribution in [2.75, 3.05) is 36.0 Å².